The van der Waals surface area contributed by atoms with Gasteiger partial charge in [-0.1, -0.05) is 84.1 Å². The SMILES string of the molecule is CCCCCC(CC(CC)C(=O)NNC(=O)c1c(O)cccc1CCCC)C(=O)NNC(=O)c1c(O)cccc1CCCC. The maximum atomic E-state index is 13.3. The standard InChI is InChI=1S/C34H50N4O6/c1-5-9-12-17-26(32(42)36-38-34(44)30-25(16-11-7-3)19-14-21-28(30)40)22-23(8-4)31(41)35-37-33(43)29-24(15-10-6-2)18-13-20-27(29)39/h13-14,18-21,23,26,39-40H,5-12,15-17,22H2,1-4H3,(H,35,41)(H,36,42)(H,37,43)(H,38,44). The van der Waals surface area contributed by atoms with E-state index in [2.05, 4.69) is 28.6 Å². The Kier molecular flexibility index (Phi) is 15.8. The van der Waals surface area contributed by atoms with E-state index in [1.165, 1.54) is 12.1 Å². The molecule has 242 valence electrons. The van der Waals surface area contributed by atoms with Gasteiger partial charge in [0.15, 0.2) is 0 Å². The third-order valence-corrected chi connectivity index (χ3v) is 7.87. The van der Waals surface area contributed by atoms with E-state index in [1.54, 1.807) is 24.3 Å². The minimum atomic E-state index is -0.611. The predicted molar refractivity (Wildman–Crippen MR) is 171 cm³/mol. The Morgan fingerprint density at radius 2 is 1.07 bits per heavy atom. The molecule has 0 aliphatic carbocycles. The summed E-state index contributed by atoms with van der Waals surface area (Å²) in [6, 6.07) is 9.81. The highest BCUT2D eigenvalue weighted by atomic mass is 16.3. The molecule has 0 bridgehead atoms. The number of phenols is 2. The van der Waals surface area contributed by atoms with E-state index in [4.69, 9.17) is 0 Å². The Morgan fingerprint density at radius 1 is 0.614 bits per heavy atom. The van der Waals surface area contributed by atoms with Gasteiger partial charge in [0, 0.05) is 11.8 Å². The Bertz CT molecular complexity index is 1250. The number of benzene rings is 2. The molecule has 0 saturated carbocycles. The van der Waals surface area contributed by atoms with Crippen molar-refractivity contribution >= 4 is 23.6 Å². The van der Waals surface area contributed by atoms with Crippen LogP contribution in [0.1, 0.15) is 124 Å². The second kappa shape index (κ2) is 19.2. The largest absolute Gasteiger partial charge is 0.507 e. The molecule has 0 aliphatic rings. The van der Waals surface area contributed by atoms with Gasteiger partial charge in [0.2, 0.25) is 11.8 Å². The van der Waals surface area contributed by atoms with Crippen molar-refractivity contribution in [2.45, 2.75) is 105 Å². The van der Waals surface area contributed by atoms with Gasteiger partial charge in [-0.15, -0.1) is 0 Å². The summed E-state index contributed by atoms with van der Waals surface area (Å²) in [6.07, 6.45) is 8.57. The lowest BCUT2D eigenvalue weighted by Crippen LogP contribution is -2.47. The van der Waals surface area contributed by atoms with Crippen molar-refractivity contribution in [2.75, 3.05) is 0 Å². The number of hydrogen-bond acceptors (Lipinski definition) is 6. The summed E-state index contributed by atoms with van der Waals surface area (Å²) < 4.78 is 0. The number of amides is 4. The Balaban J connectivity index is 2.08. The van der Waals surface area contributed by atoms with Crippen molar-refractivity contribution in [1.82, 2.24) is 21.7 Å². The summed E-state index contributed by atoms with van der Waals surface area (Å²) >= 11 is 0. The van der Waals surface area contributed by atoms with Gasteiger partial charge in [-0.2, -0.15) is 0 Å². The van der Waals surface area contributed by atoms with Crippen LogP contribution in [0.3, 0.4) is 0 Å². The molecule has 44 heavy (non-hydrogen) atoms. The normalized spacial score (nSPS) is 12.2. The molecule has 4 amide bonds. The molecule has 2 aromatic rings. The van der Waals surface area contributed by atoms with E-state index in [0.29, 0.717) is 36.8 Å². The predicted octanol–water partition coefficient (Wildman–Crippen LogP) is 5.62. The first-order valence-electron chi connectivity index (χ1n) is 16.0. The number of carbonyl (C=O) groups is 4. The van der Waals surface area contributed by atoms with Gasteiger partial charge in [0.25, 0.3) is 11.8 Å². The lowest BCUT2D eigenvalue weighted by molar-refractivity contribution is -0.129. The number of aryl methyl sites for hydroxylation is 2. The Labute approximate surface area is 261 Å². The molecule has 0 aromatic heterocycles. The van der Waals surface area contributed by atoms with Crippen LogP contribution < -0.4 is 21.7 Å². The molecule has 0 fully saturated rings. The number of hydrazine groups is 2. The molecule has 2 rings (SSSR count). The maximum absolute atomic E-state index is 13.3. The van der Waals surface area contributed by atoms with Crippen molar-refractivity contribution in [3.8, 4) is 11.5 Å². The van der Waals surface area contributed by atoms with E-state index in [9.17, 15) is 29.4 Å². The number of carbonyl (C=O) groups excluding carboxylic acids is 4. The average molecular weight is 611 g/mol. The minimum absolute atomic E-state index is 0.129. The quantitative estimate of drug-likeness (QED) is 0.101. The minimum Gasteiger partial charge on any atom is -0.507 e. The molecule has 0 saturated heterocycles. The summed E-state index contributed by atoms with van der Waals surface area (Å²) in [4.78, 5) is 52.3. The van der Waals surface area contributed by atoms with E-state index < -0.39 is 35.5 Å². The van der Waals surface area contributed by atoms with Crippen molar-refractivity contribution < 1.29 is 29.4 Å². The monoisotopic (exact) mass is 610 g/mol. The molecule has 0 heterocycles. The number of rotatable bonds is 17. The van der Waals surface area contributed by atoms with Crippen LogP contribution in [0.4, 0.5) is 0 Å². The molecule has 6 N–H and O–H groups in total. The van der Waals surface area contributed by atoms with Crippen LogP contribution in [0, 0.1) is 11.8 Å². The molecule has 10 nitrogen and oxygen atoms in total. The number of unbranched alkanes of at least 4 members (excludes halogenated alkanes) is 4. The Hall–Kier alpha value is -4.08. The molecule has 2 unspecified atom stereocenters. The van der Waals surface area contributed by atoms with Crippen LogP contribution in [0.5, 0.6) is 11.5 Å². The summed E-state index contributed by atoms with van der Waals surface area (Å²) in [5, 5.41) is 20.7. The number of hydrogen-bond donors (Lipinski definition) is 6. The van der Waals surface area contributed by atoms with E-state index in [-0.39, 0.29) is 29.0 Å². The third-order valence-electron chi connectivity index (χ3n) is 7.87. The molecule has 0 radical (unpaired) electrons. The highest BCUT2D eigenvalue weighted by molar-refractivity contribution is 6.00. The van der Waals surface area contributed by atoms with E-state index >= 15 is 0 Å². The topological polar surface area (TPSA) is 157 Å². The third kappa shape index (κ3) is 10.9. The summed E-state index contributed by atoms with van der Waals surface area (Å²) in [5.74, 6) is -3.57. The number of aromatic hydroxyl groups is 2. The summed E-state index contributed by atoms with van der Waals surface area (Å²) in [7, 11) is 0. The summed E-state index contributed by atoms with van der Waals surface area (Å²) in [6.45, 7) is 7.96. The molecule has 0 spiro atoms. The second-order valence-electron chi connectivity index (χ2n) is 11.2. The van der Waals surface area contributed by atoms with Crippen LogP contribution in [-0.2, 0) is 22.4 Å². The van der Waals surface area contributed by atoms with Gasteiger partial charge in [0.05, 0.1) is 11.1 Å². The van der Waals surface area contributed by atoms with Crippen LogP contribution in [0.2, 0.25) is 0 Å². The zero-order valence-electron chi connectivity index (χ0n) is 26.6. The molecule has 10 heteroatoms. The van der Waals surface area contributed by atoms with Crippen molar-refractivity contribution in [2.24, 2.45) is 11.8 Å². The fourth-order valence-corrected chi connectivity index (χ4v) is 5.21. The smallest absolute Gasteiger partial charge is 0.273 e. The lowest BCUT2D eigenvalue weighted by Gasteiger charge is -2.22. The fourth-order valence-electron chi connectivity index (χ4n) is 5.21. The first kappa shape index (κ1) is 36.1. The maximum Gasteiger partial charge on any atom is 0.273 e. The number of phenolic OH excluding ortho intramolecular Hbond substituents is 2. The highest BCUT2D eigenvalue weighted by Gasteiger charge is 2.28. The first-order chi connectivity index (χ1) is 21.2. The Morgan fingerprint density at radius 3 is 1.50 bits per heavy atom. The molecule has 2 atom stereocenters. The van der Waals surface area contributed by atoms with Gasteiger partial charge >= 0.3 is 0 Å². The van der Waals surface area contributed by atoms with Gasteiger partial charge in [-0.25, -0.2) is 0 Å². The second-order valence-corrected chi connectivity index (χ2v) is 11.2. The zero-order chi connectivity index (χ0) is 32.5. The van der Waals surface area contributed by atoms with Crippen LogP contribution in [0.25, 0.3) is 0 Å². The average Bonchev–Trinajstić information content (AvgIpc) is 3.01. The molecule has 2 aromatic carbocycles. The first-order valence-corrected chi connectivity index (χ1v) is 16.0. The lowest BCUT2D eigenvalue weighted by atomic mass is 9.88. The highest BCUT2D eigenvalue weighted by Crippen LogP contribution is 2.25. The van der Waals surface area contributed by atoms with Crippen molar-refractivity contribution in [3.05, 3.63) is 58.7 Å². The van der Waals surface area contributed by atoms with E-state index in [1.807, 2.05) is 20.8 Å². The van der Waals surface area contributed by atoms with Gasteiger partial charge in [-0.3, -0.25) is 40.9 Å². The van der Waals surface area contributed by atoms with Crippen LogP contribution in [-0.4, -0.2) is 33.8 Å². The zero-order valence-corrected chi connectivity index (χ0v) is 26.6. The fraction of sp³-hybridized carbons (Fsp3) is 0.529. The van der Waals surface area contributed by atoms with Crippen LogP contribution >= 0.6 is 0 Å². The van der Waals surface area contributed by atoms with Crippen molar-refractivity contribution in [3.63, 3.8) is 0 Å². The van der Waals surface area contributed by atoms with Gasteiger partial charge in [-0.05, 0) is 68.2 Å². The van der Waals surface area contributed by atoms with E-state index in [0.717, 1.165) is 44.9 Å². The molecular weight excluding hydrogens is 560 g/mol. The van der Waals surface area contributed by atoms with Gasteiger partial charge < -0.3 is 10.2 Å². The summed E-state index contributed by atoms with van der Waals surface area (Å²) in [5.41, 5.74) is 11.5. The number of nitrogens with one attached hydrogen (secondary N) is 4. The van der Waals surface area contributed by atoms with Crippen LogP contribution in [0.15, 0.2) is 36.4 Å². The van der Waals surface area contributed by atoms with Gasteiger partial charge in [0.1, 0.15) is 11.5 Å². The van der Waals surface area contributed by atoms with Crippen molar-refractivity contribution in [1.29, 1.82) is 0 Å². The molecular formula is C34H50N4O6. The molecule has 0 aliphatic heterocycles.